The second-order valence-electron chi connectivity index (χ2n) is 5.30. The maximum atomic E-state index is 13.1. The normalized spacial score (nSPS) is 21.0. The Bertz CT molecular complexity index is 510. The fraction of sp³-hybridized carbons (Fsp3) is 0.533. The van der Waals surface area contributed by atoms with E-state index in [2.05, 4.69) is 17.1 Å². The molecule has 116 valence electrons. The molecule has 0 saturated carbocycles. The lowest BCUT2D eigenvalue weighted by Crippen LogP contribution is -2.50. The average Bonchev–Trinajstić information content (AvgIpc) is 2.50. The Balaban J connectivity index is 1.97. The number of hydrogen-bond acceptors (Lipinski definition) is 4. The second-order valence-corrected chi connectivity index (χ2v) is 5.30. The van der Waals surface area contributed by atoms with Gasteiger partial charge in [0, 0.05) is 18.8 Å². The second kappa shape index (κ2) is 6.87. The maximum Gasteiger partial charge on any atom is 0.241 e. The number of nitrogens with one attached hydrogen (secondary N) is 1. The van der Waals surface area contributed by atoms with Gasteiger partial charge in [0.2, 0.25) is 5.91 Å². The molecular formula is C15H22FN3O2. The first-order chi connectivity index (χ1) is 10.0. The molecule has 3 N–H and O–H groups in total. The number of nitrogen functional groups attached to an aromatic ring is 1. The van der Waals surface area contributed by atoms with Crippen molar-refractivity contribution in [1.82, 2.24) is 4.90 Å². The molecule has 0 aromatic heterocycles. The van der Waals surface area contributed by atoms with E-state index in [1.54, 1.807) is 0 Å². The number of halogens is 1. The van der Waals surface area contributed by atoms with Gasteiger partial charge in [-0.05, 0) is 31.5 Å². The average molecular weight is 295 g/mol. The van der Waals surface area contributed by atoms with Gasteiger partial charge in [-0.2, -0.15) is 0 Å². The Labute approximate surface area is 124 Å². The van der Waals surface area contributed by atoms with Crippen molar-refractivity contribution >= 4 is 17.3 Å². The number of hydrogen-bond donors (Lipinski definition) is 2. The fourth-order valence-corrected chi connectivity index (χ4v) is 2.37. The Hall–Kier alpha value is -1.66. The quantitative estimate of drug-likeness (QED) is 0.832. The summed E-state index contributed by atoms with van der Waals surface area (Å²) < 4.78 is 18.7. The third kappa shape index (κ3) is 3.92. The Kier molecular flexibility index (Phi) is 5.14. The van der Waals surface area contributed by atoms with Crippen molar-refractivity contribution in [1.29, 1.82) is 0 Å². The number of carbonyl (C=O) groups is 1. The van der Waals surface area contributed by atoms with Crippen LogP contribution < -0.4 is 11.1 Å². The van der Waals surface area contributed by atoms with Crippen molar-refractivity contribution in [2.45, 2.75) is 32.4 Å². The predicted molar refractivity (Wildman–Crippen MR) is 80.5 cm³/mol. The Morgan fingerprint density at radius 1 is 1.62 bits per heavy atom. The molecule has 5 nitrogen and oxygen atoms in total. The van der Waals surface area contributed by atoms with Crippen LogP contribution in [0.4, 0.5) is 15.8 Å². The third-order valence-electron chi connectivity index (χ3n) is 3.82. The van der Waals surface area contributed by atoms with Gasteiger partial charge in [-0.1, -0.05) is 6.92 Å². The van der Waals surface area contributed by atoms with Crippen LogP contribution in [0.3, 0.4) is 0 Å². The lowest BCUT2D eigenvalue weighted by Gasteiger charge is -2.35. The standard InChI is InChI=1S/C15H22FN3O2/c1-3-12-9-19(6-7-21-12)10(2)15(20)18-11-4-5-13(16)14(17)8-11/h4-5,8,10,12H,3,6-7,9,17H2,1-2H3,(H,18,20). The van der Waals surface area contributed by atoms with Crippen LogP contribution in [0.2, 0.25) is 0 Å². The van der Waals surface area contributed by atoms with Crippen molar-refractivity contribution in [3.05, 3.63) is 24.0 Å². The summed E-state index contributed by atoms with van der Waals surface area (Å²) in [4.78, 5) is 14.4. The van der Waals surface area contributed by atoms with Gasteiger partial charge in [0.25, 0.3) is 0 Å². The molecule has 1 aliphatic heterocycles. The summed E-state index contributed by atoms with van der Waals surface area (Å²) in [5, 5.41) is 2.77. The SMILES string of the molecule is CCC1CN(C(C)C(=O)Nc2ccc(F)c(N)c2)CCO1. The molecule has 0 spiro atoms. The zero-order valence-corrected chi connectivity index (χ0v) is 12.4. The molecule has 1 saturated heterocycles. The van der Waals surface area contributed by atoms with E-state index in [1.807, 2.05) is 6.92 Å². The number of amides is 1. The van der Waals surface area contributed by atoms with E-state index in [0.717, 1.165) is 19.5 Å². The van der Waals surface area contributed by atoms with E-state index >= 15 is 0 Å². The molecule has 21 heavy (non-hydrogen) atoms. The highest BCUT2D eigenvalue weighted by atomic mass is 19.1. The monoisotopic (exact) mass is 295 g/mol. The molecule has 1 amide bonds. The molecular weight excluding hydrogens is 273 g/mol. The van der Waals surface area contributed by atoms with Crippen molar-refractivity contribution in [2.75, 3.05) is 30.7 Å². The number of nitrogens with two attached hydrogens (primary N) is 1. The van der Waals surface area contributed by atoms with Crippen molar-refractivity contribution in [3.8, 4) is 0 Å². The van der Waals surface area contributed by atoms with Gasteiger partial charge in [-0.15, -0.1) is 0 Å². The number of morpholine rings is 1. The molecule has 2 atom stereocenters. The van der Waals surface area contributed by atoms with Gasteiger partial charge in [0.05, 0.1) is 24.4 Å². The molecule has 2 unspecified atom stereocenters. The molecule has 1 aromatic rings. The number of carbonyl (C=O) groups excluding carboxylic acids is 1. The van der Waals surface area contributed by atoms with Crippen LogP contribution in [0, 0.1) is 5.82 Å². The number of anilines is 2. The number of nitrogens with zero attached hydrogens (tertiary/aromatic N) is 1. The van der Waals surface area contributed by atoms with Crippen LogP contribution in [-0.4, -0.2) is 42.6 Å². The van der Waals surface area contributed by atoms with Crippen LogP contribution >= 0.6 is 0 Å². The fourth-order valence-electron chi connectivity index (χ4n) is 2.37. The summed E-state index contributed by atoms with van der Waals surface area (Å²) in [6.07, 6.45) is 1.11. The Morgan fingerprint density at radius 2 is 2.38 bits per heavy atom. The molecule has 0 aliphatic carbocycles. The maximum absolute atomic E-state index is 13.1. The van der Waals surface area contributed by atoms with Crippen molar-refractivity contribution < 1.29 is 13.9 Å². The summed E-state index contributed by atoms with van der Waals surface area (Å²) in [6.45, 7) is 6.05. The summed E-state index contributed by atoms with van der Waals surface area (Å²) in [7, 11) is 0. The van der Waals surface area contributed by atoms with E-state index in [-0.39, 0.29) is 23.7 Å². The molecule has 2 rings (SSSR count). The lowest BCUT2D eigenvalue weighted by atomic mass is 10.1. The lowest BCUT2D eigenvalue weighted by molar-refractivity contribution is -0.124. The van der Waals surface area contributed by atoms with Crippen LogP contribution in [-0.2, 0) is 9.53 Å². The smallest absolute Gasteiger partial charge is 0.241 e. The van der Waals surface area contributed by atoms with Gasteiger partial charge in [-0.25, -0.2) is 4.39 Å². The zero-order valence-electron chi connectivity index (χ0n) is 12.4. The van der Waals surface area contributed by atoms with E-state index in [0.29, 0.717) is 12.3 Å². The van der Waals surface area contributed by atoms with Gasteiger partial charge in [-0.3, -0.25) is 9.69 Å². The largest absolute Gasteiger partial charge is 0.396 e. The van der Waals surface area contributed by atoms with Gasteiger partial charge >= 0.3 is 0 Å². The van der Waals surface area contributed by atoms with Crippen LogP contribution in [0.25, 0.3) is 0 Å². The number of ether oxygens (including phenoxy) is 1. The number of rotatable bonds is 4. The van der Waals surface area contributed by atoms with E-state index < -0.39 is 5.82 Å². The summed E-state index contributed by atoms with van der Waals surface area (Å²) in [6, 6.07) is 3.91. The van der Waals surface area contributed by atoms with Crippen LogP contribution in [0.15, 0.2) is 18.2 Å². The van der Waals surface area contributed by atoms with E-state index in [4.69, 9.17) is 10.5 Å². The van der Waals surface area contributed by atoms with E-state index in [1.165, 1.54) is 18.2 Å². The summed E-state index contributed by atoms with van der Waals surface area (Å²) in [5.74, 6) is -0.613. The number of benzene rings is 1. The van der Waals surface area contributed by atoms with Gasteiger partial charge in [0.15, 0.2) is 0 Å². The minimum Gasteiger partial charge on any atom is -0.396 e. The van der Waals surface area contributed by atoms with Crippen molar-refractivity contribution in [2.24, 2.45) is 0 Å². The molecule has 1 aliphatic rings. The highest BCUT2D eigenvalue weighted by Crippen LogP contribution is 2.18. The molecule has 0 bridgehead atoms. The topological polar surface area (TPSA) is 67.6 Å². The first-order valence-corrected chi connectivity index (χ1v) is 7.22. The first-order valence-electron chi connectivity index (χ1n) is 7.22. The summed E-state index contributed by atoms with van der Waals surface area (Å²) >= 11 is 0. The van der Waals surface area contributed by atoms with Crippen LogP contribution in [0.1, 0.15) is 20.3 Å². The predicted octanol–water partition coefficient (Wildman–Crippen LogP) is 1.85. The molecule has 1 fully saturated rings. The highest BCUT2D eigenvalue weighted by Gasteiger charge is 2.27. The summed E-state index contributed by atoms with van der Waals surface area (Å²) in [5.41, 5.74) is 6.03. The minimum atomic E-state index is -0.486. The van der Waals surface area contributed by atoms with Crippen LogP contribution in [0.5, 0.6) is 0 Å². The zero-order chi connectivity index (χ0) is 15.4. The molecule has 0 radical (unpaired) electrons. The molecule has 1 heterocycles. The van der Waals surface area contributed by atoms with E-state index in [9.17, 15) is 9.18 Å². The van der Waals surface area contributed by atoms with Gasteiger partial charge in [0.1, 0.15) is 5.82 Å². The highest BCUT2D eigenvalue weighted by molar-refractivity contribution is 5.94. The third-order valence-corrected chi connectivity index (χ3v) is 3.82. The Morgan fingerprint density at radius 3 is 3.05 bits per heavy atom. The molecule has 6 heteroatoms. The molecule has 1 aromatic carbocycles. The van der Waals surface area contributed by atoms with Crippen molar-refractivity contribution in [3.63, 3.8) is 0 Å². The van der Waals surface area contributed by atoms with Gasteiger partial charge < -0.3 is 15.8 Å². The minimum absolute atomic E-state index is 0.0258. The first kappa shape index (κ1) is 15.7.